The van der Waals surface area contributed by atoms with Crippen LogP contribution in [0.2, 0.25) is 0 Å². The smallest absolute Gasteiger partial charge is 0.383 e. The molecule has 0 aliphatic heterocycles. The number of hydrogen-bond donors (Lipinski definition) is 2. The van der Waals surface area contributed by atoms with Gasteiger partial charge in [-0.05, 0) is 12.1 Å². The molecule has 5 nitrogen and oxygen atoms in total. The first-order valence-electron chi connectivity index (χ1n) is 7.53. The molecule has 0 bridgehead atoms. The van der Waals surface area contributed by atoms with E-state index in [4.69, 9.17) is 4.74 Å². The number of ether oxygens (including phenoxy) is 1. The number of carbonyl (C=O) groups excluding carboxylic acids is 1. The Labute approximate surface area is 147 Å². The van der Waals surface area contributed by atoms with Crippen LogP contribution in [0.4, 0.5) is 13.2 Å². The Morgan fingerprint density at radius 2 is 2.08 bits per heavy atom. The summed E-state index contributed by atoms with van der Waals surface area (Å²) in [7, 11) is 1.60. The standard InChI is InChI=1S/C16H18F3N3O2S/c1-24-8-7-20-5-6-21-14(23)13-10-25-15(22-13)11-3-2-4-12(9-11)16(17,18)19/h2-4,9-10,20H,5-8H2,1H3,(H,21,23). The van der Waals surface area contributed by atoms with Gasteiger partial charge in [0.2, 0.25) is 0 Å². The molecule has 1 aromatic carbocycles. The molecule has 1 amide bonds. The van der Waals surface area contributed by atoms with Gasteiger partial charge < -0.3 is 15.4 Å². The van der Waals surface area contributed by atoms with E-state index in [0.29, 0.717) is 36.8 Å². The predicted octanol–water partition coefficient (Wildman–Crippen LogP) is 2.79. The minimum Gasteiger partial charge on any atom is -0.383 e. The lowest BCUT2D eigenvalue weighted by Crippen LogP contribution is -2.33. The molecular weight excluding hydrogens is 355 g/mol. The van der Waals surface area contributed by atoms with Gasteiger partial charge in [-0.15, -0.1) is 11.3 Å². The summed E-state index contributed by atoms with van der Waals surface area (Å²) < 4.78 is 43.2. The maximum atomic E-state index is 12.8. The molecule has 0 radical (unpaired) electrons. The second-order valence-electron chi connectivity index (χ2n) is 5.12. The molecule has 0 aliphatic carbocycles. The fraction of sp³-hybridized carbons (Fsp3) is 0.375. The fourth-order valence-corrected chi connectivity index (χ4v) is 2.79. The SMILES string of the molecule is COCCNCCNC(=O)c1csc(-c2cccc(C(F)(F)F)c2)n1. The van der Waals surface area contributed by atoms with Crippen molar-refractivity contribution >= 4 is 17.2 Å². The fourth-order valence-electron chi connectivity index (χ4n) is 1.99. The molecule has 2 N–H and O–H groups in total. The molecule has 136 valence electrons. The van der Waals surface area contributed by atoms with Gasteiger partial charge in [0.25, 0.3) is 5.91 Å². The summed E-state index contributed by atoms with van der Waals surface area (Å²) in [6.45, 7) is 2.27. The Hall–Kier alpha value is -1.97. The van der Waals surface area contributed by atoms with Crippen molar-refractivity contribution in [1.82, 2.24) is 15.6 Å². The quantitative estimate of drug-likeness (QED) is 0.699. The van der Waals surface area contributed by atoms with Gasteiger partial charge >= 0.3 is 6.18 Å². The average Bonchev–Trinajstić information content (AvgIpc) is 3.07. The molecule has 0 aliphatic rings. The van der Waals surface area contributed by atoms with Crippen LogP contribution in [-0.4, -0.2) is 44.2 Å². The van der Waals surface area contributed by atoms with E-state index in [-0.39, 0.29) is 11.6 Å². The molecule has 1 heterocycles. The molecule has 0 fully saturated rings. The number of hydrogen-bond acceptors (Lipinski definition) is 5. The third-order valence-electron chi connectivity index (χ3n) is 3.24. The Morgan fingerprint density at radius 1 is 1.28 bits per heavy atom. The molecule has 1 aromatic heterocycles. The second-order valence-corrected chi connectivity index (χ2v) is 5.97. The molecule has 0 spiro atoms. The van der Waals surface area contributed by atoms with E-state index < -0.39 is 11.7 Å². The maximum Gasteiger partial charge on any atom is 0.416 e. The van der Waals surface area contributed by atoms with Crippen LogP contribution in [0.5, 0.6) is 0 Å². The lowest BCUT2D eigenvalue weighted by atomic mass is 10.1. The molecule has 0 saturated carbocycles. The van der Waals surface area contributed by atoms with Gasteiger partial charge in [-0.3, -0.25) is 4.79 Å². The highest BCUT2D eigenvalue weighted by atomic mass is 32.1. The van der Waals surface area contributed by atoms with Crippen LogP contribution >= 0.6 is 11.3 Å². The molecular formula is C16H18F3N3O2S. The minimum absolute atomic E-state index is 0.189. The van der Waals surface area contributed by atoms with E-state index >= 15 is 0 Å². The Morgan fingerprint density at radius 3 is 2.80 bits per heavy atom. The Balaban J connectivity index is 1.94. The lowest BCUT2D eigenvalue weighted by Gasteiger charge is -2.07. The number of rotatable bonds is 8. The van der Waals surface area contributed by atoms with E-state index in [1.165, 1.54) is 17.5 Å². The van der Waals surface area contributed by atoms with Crippen LogP contribution in [0.3, 0.4) is 0 Å². The lowest BCUT2D eigenvalue weighted by molar-refractivity contribution is -0.137. The van der Waals surface area contributed by atoms with Crippen molar-refractivity contribution < 1.29 is 22.7 Å². The summed E-state index contributed by atoms with van der Waals surface area (Å²) in [5.74, 6) is -0.358. The zero-order valence-electron chi connectivity index (χ0n) is 13.5. The first-order chi connectivity index (χ1) is 11.9. The summed E-state index contributed by atoms with van der Waals surface area (Å²) in [4.78, 5) is 16.1. The molecule has 2 rings (SSSR count). The van der Waals surface area contributed by atoms with Crippen molar-refractivity contribution in [3.8, 4) is 10.6 Å². The molecule has 0 saturated heterocycles. The molecule has 2 aromatic rings. The summed E-state index contributed by atoms with van der Waals surface area (Å²) in [6, 6.07) is 4.89. The van der Waals surface area contributed by atoms with E-state index in [0.717, 1.165) is 23.5 Å². The number of carbonyl (C=O) groups is 1. The van der Waals surface area contributed by atoms with Gasteiger partial charge in [0.05, 0.1) is 12.2 Å². The van der Waals surface area contributed by atoms with Crippen LogP contribution in [0.1, 0.15) is 16.1 Å². The summed E-state index contributed by atoms with van der Waals surface area (Å²) in [6.07, 6.45) is -4.41. The van der Waals surface area contributed by atoms with Crippen molar-refractivity contribution in [2.75, 3.05) is 33.4 Å². The Kier molecular flexibility index (Phi) is 6.91. The number of nitrogens with one attached hydrogen (secondary N) is 2. The monoisotopic (exact) mass is 373 g/mol. The van der Waals surface area contributed by atoms with Crippen molar-refractivity contribution in [1.29, 1.82) is 0 Å². The van der Waals surface area contributed by atoms with Crippen molar-refractivity contribution in [2.24, 2.45) is 0 Å². The van der Waals surface area contributed by atoms with Gasteiger partial charge in [-0.2, -0.15) is 13.2 Å². The van der Waals surface area contributed by atoms with E-state index in [2.05, 4.69) is 15.6 Å². The summed E-state index contributed by atoms with van der Waals surface area (Å²) >= 11 is 1.13. The zero-order chi connectivity index (χ0) is 18.3. The third kappa shape index (κ3) is 5.80. The van der Waals surface area contributed by atoms with Gasteiger partial charge in [-0.1, -0.05) is 12.1 Å². The van der Waals surface area contributed by atoms with Gasteiger partial charge in [-0.25, -0.2) is 4.98 Å². The van der Waals surface area contributed by atoms with E-state index in [1.54, 1.807) is 7.11 Å². The summed E-state index contributed by atoms with van der Waals surface area (Å²) in [5, 5.41) is 7.68. The van der Waals surface area contributed by atoms with Crippen molar-refractivity contribution in [3.05, 3.63) is 40.9 Å². The third-order valence-corrected chi connectivity index (χ3v) is 4.14. The van der Waals surface area contributed by atoms with Crippen LogP contribution in [0.25, 0.3) is 10.6 Å². The summed E-state index contributed by atoms with van der Waals surface area (Å²) in [5.41, 5.74) is -0.220. The highest BCUT2D eigenvalue weighted by Crippen LogP contribution is 2.33. The van der Waals surface area contributed by atoms with E-state index in [9.17, 15) is 18.0 Å². The van der Waals surface area contributed by atoms with Gasteiger partial charge in [0, 0.05) is 37.7 Å². The van der Waals surface area contributed by atoms with Crippen LogP contribution in [0, 0.1) is 0 Å². The van der Waals surface area contributed by atoms with Gasteiger partial charge in [0.15, 0.2) is 0 Å². The van der Waals surface area contributed by atoms with E-state index in [1.807, 2.05) is 0 Å². The number of benzene rings is 1. The first-order valence-corrected chi connectivity index (χ1v) is 8.41. The highest BCUT2D eigenvalue weighted by molar-refractivity contribution is 7.13. The predicted molar refractivity (Wildman–Crippen MR) is 89.6 cm³/mol. The highest BCUT2D eigenvalue weighted by Gasteiger charge is 2.30. The number of alkyl halides is 3. The van der Waals surface area contributed by atoms with Crippen molar-refractivity contribution in [3.63, 3.8) is 0 Å². The number of halogens is 3. The first kappa shape index (κ1) is 19.4. The van der Waals surface area contributed by atoms with Crippen LogP contribution in [-0.2, 0) is 10.9 Å². The number of methoxy groups -OCH3 is 1. The number of thiazole rings is 1. The zero-order valence-corrected chi connectivity index (χ0v) is 14.3. The number of nitrogens with zero attached hydrogens (tertiary/aromatic N) is 1. The number of aromatic nitrogens is 1. The molecule has 0 unspecified atom stereocenters. The number of amides is 1. The van der Waals surface area contributed by atoms with Gasteiger partial charge in [0.1, 0.15) is 10.7 Å². The minimum atomic E-state index is -4.41. The van der Waals surface area contributed by atoms with Crippen LogP contribution in [0.15, 0.2) is 29.6 Å². The maximum absolute atomic E-state index is 12.8. The normalized spacial score (nSPS) is 11.5. The largest absolute Gasteiger partial charge is 0.416 e. The molecule has 25 heavy (non-hydrogen) atoms. The second kappa shape index (κ2) is 8.93. The van der Waals surface area contributed by atoms with Crippen LogP contribution < -0.4 is 10.6 Å². The topological polar surface area (TPSA) is 63.2 Å². The molecule has 0 atom stereocenters. The van der Waals surface area contributed by atoms with Crippen molar-refractivity contribution in [2.45, 2.75) is 6.18 Å². The Bertz CT molecular complexity index is 704. The average molecular weight is 373 g/mol. The molecule has 9 heteroatoms.